The van der Waals surface area contributed by atoms with Crippen LogP contribution in [0.15, 0.2) is 60.7 Å². The van der Waals surface area contributed by atoms with Crippen LogP contribution in [0.25, 0.3) is 0 Å². The van der Waals surface area contributed by atoms with Gasteiger partial charge in [-0.25, -0.2) is 4.57 Å². The van der Waals surface area contributed by atoms with Gasteiger partial charge in [-0.1, -0.05) is 36.4 Å². The van der Waals surface area contributed by atoms with Crippen LogP contribution in [0.5, 0.6) is 11.5 Å². The second-order valence-electron chi connectivity index (χ2n) is 6.09. The average Bonchev–Trinajstić information content (AvgIpc) is 2.69. The minimum Gasteiger partial charge on any atom is -0.395 e. The third-order valence-electron chi connectivity index (χ3n) is 4.00. The summed E-state index contributed by atoms with van der Waals surface area (Å²) >= 11 is 0. The van der Waals surface area contributed by atoms with Gasteiger partial charge in [-0.05, 0) is 24.3 Å². The highest BCUT2D eigenvalue weighted by Crippen LogP contribution is 2.50. The fourth-order valence-corrected chi connectivity index (χ4v) is 3.76. The second-order valence-corrected chi connectivity index (χ2v) is 7.61. The van der Waals surface area contributed by atoms with E-state index in [4.69, 9.17) is 18.3 Å². The predicted molar refractivity (Wildman–Crippen MR) is 96.6 cm³/mol. The maximum Gasteiger partial charge on any atom is 0.587 e. The molecule has 9 nitrogen and oxygen atoms in total. The molecule has 0 bridgehead atoms. The Morgan fingerprint density at radius 3 is 1.79 bits per heavy atom. The molecule has 0 aromatic heterocycles. The van der Waals surface area contributed by atoms with E-state index in [0.29, 0.717) is 0 Å². The Bertz CT molecular complexity index is 743. The van der Waals surface area contributed by atoms with Gasteiger partial charge in [0.2, 0.25) is 0 Å². The average molecular weight is 412 g/mol. The lowest BCUT2D eigenvalue weighted by Gasteiger charge is -2.38. The van der Waals surface area contributed by atoms with Gasteiger partial charge in [0.05, 0.1) is 6.61 Å². The summed E-state index contributed by atoms with van der Waals surface area (Å²) in [5, 5.41) is 38.9. The molecule has 3 rings (SSSR count). The summed E-state index contributed by atoms with van der Waals surface area (Å²) in [6, 6.07) is 16.4. The van der Waals surface area contributed by atoms with Crippen LogP contribution in [0.3, 0.4) is 0 Å². The molecule has 10 heteroatoms. The van der Waals surface area contributed by atoms with Crippen LogP contribution < -0.4 is 9.05 Å². The minimum atomic E-state index is -4.23. The standard InChI is InChI=1S/C18H21O9P/c19-15-14(25-18(22)17(21)16(15)20)11-24-28(23,26-12-7-3-1-4-8-12)27-13-9-5-2-6-10-13/h1-10,14-22H,11H2/t14-,15-,16+,17+,18?/m1/s1. The molecule has 5 atom stereocenters. The van der Waals surface area contributed by atoms with E-state index in [1.807, 2.05) is 0 Å². The van der Waals surface area contributed by atoms with Crippen LogP contribution in [0.4, 0.5) is 0 Å². The van der Waals surface area contributed by atoms with Crippen molar-refractivity contribution < 1.29 is 43.3 Å². The van der Waals surface area contributed by atoms with Gasteiger partial charge < -0.3 is 34.2 Å². The Balaban J connectivity index is 1.74. The molecule has 28 heavy (non-hydrogen) atoms. The van der Waals surface area contributed by atoms with Crippen LogP contribution in [-0.2, 0) is 13.8 Å². The summed E-state index contributed by atoms with van der Waals surface area (Å²) in [5.74, 6) is 0.449. The predicted octanol–water partition coefficient (Wildman–Crippen LogP) is 1.07. The zero-order valence-corrected chi connectivity index (χ0v) is 15.5. The van der Waals surface area contributed by atoms with Crippen LogP contribution in [0.2, 0.25) is 0 Å². The van der Waals surface area contributed by atoms with E-state index in [2.05, 4.69) is 0 Å². The van der Waals surface area contributed by atoms with Crippen molar-refractivity contribution in [2.24, 2.45) is 0 Å². The Kier molecular flexibility index (Phi) is 6.69. The highest BCUT2D eigenvalue weighted by Gasteiger charge is 2.44. The molecule has 2 aromatic carbocycles. The van der Waals surface area contributed by atoms with Gasteiger partial charge in [-0.3, -0.25) is 4.52 Å². The summed E-state index contributed by atoms with van der Waals surface area (Å²) in [7, 11) is -4.23. The molecule has 4 N–H and O–H groups in total. The number of hydrogen-bond acceptors (Lipinski definition) is 9. The first-order valence-electron chi connectivity index (χ1n) is 8.49. The third kappa shape index (κ3) is 5.09. The van der Waals surface area contributed by atoms with Gasteiger partial charge in [0, 0.05) is 0 Å². The van der Waals surface area contributed by atoms with E-state index < -0.39 is 45.1 Å². The van der Waals surface area contributed by atoms with E-state index >= 15 is 0 Å². The fraction of sp³-hybridized carbons (Fsp3) is 0.333. The van der Waals surface area contributed by atoms with Crippen molar-refractivity contribution >= 4 is 7.82 Å². The number of aliphatic hydroxyl groups is 4. The van der Waals surface area contributed by atoms with E-state index in [0.717, 1.165) is 0 Å². The number of hydrogen-bond donors (Lipinski definition) is 4. The van der Waals surface area contributed by atoms with E-state index in [9.17, 15) is 25.0 Å². The monoisotopic (exact) mass is 412 g/mol. The Labute approximate surface area is 161 Å². The lowest BCUT2D eigenvalue weighted by Crippen LogP contribution is -2.58. The Morgan fingerprint density at radius 2 is 1.29 bits per heavy atom. The van der Waals surface area contributed by atoms with Gasteiger partial charge in [-0.2, -0.15) is 0 Å². The van der Waals surface area contributed by atoms with Crippen molar-refractivity contribution in [1.29, 1.82) is 0 Å². The summed E-state index contributed by atoms with van der Waals surface area (Å²) < 4.78 is 34.3. The van der Waals surface area contributed by atoms with Crippen LogP contribution >= 0.6 is 7.82 Å². The number of aliphatic hydroxyl groups excluding tert-OH is 4. The SMILES string of the molecule is O=P(OC[C@H]1OC(O)[C@@H](O)[C@@H](O)[C@@H]1O)(Oc1ccccc1)Oc1ccccc1. The number of phosphoric acid groups is 1. The summed E-state index contributed by atoms with van der Waals surface area (Å²) in [5.41, 5.74) is 0. The van der Waals surface area contributed by atoms with E-state index in [1.54, 1.807) is 60.7 Å². The lowest BCUT2D eigenvalue weighted by atomic mass is 10.00. The van der Waals surface area contributed by atoms with Crippen molar-refractivity contribution in [3.05, 3.63) is 60.7 Å². The van der Waals surface area contributed by atoms with Gasteiger partial charge in [0.15, 0.2) is 6.29 Å². The molecule has 1 aliphatic rings. The molecule has 1 unspecified atom stereocenters. The number of benzene rings is 2. The molecule has 1 saturated heterocycles. The largest absolute Gasteiger partial charge is 0.587 e. The molecule has 2 aromatic rings. The topological polar surface area (TPSA) is 135 Å². The second kappa shape index (κ2) is 9.02. The molecule has 0 amide bonds. The molecular formula is C18H21O9P. The maximum atomic E-state index is 13.2. The van der Waals surface area contributed by atoms with Crippen LogP contribution in [-0.4, -0.2) is 57.7 Å². The molecule has 0 spiro atoms. The molecule has 0 radical (unpaired) electrons. The van der Waals surface area contributed by atoms with E-state index in [1.165, 1.54) is 0 Å². The van der Waals surface area contributed by atoms with Crippen LogP contribution in [0.1, 0.15) is 0 Å². The van der Waals surface area contributed by atoms with Gasteiger partial charge in [0.25, 0.3) is 0 Å². The van der Waals surface area contributed by atoms with Crippen molar-refractivity contribution in [2.45, 2.75) is 30.7 Å². The summed E-state index contributed by atoms with van der Waals surface area (Å²) in [6.07, 6.45) is -7.95. The quantitative estimate of drug-likeness (QED) is 0.493. The minimum absolute atomic E-state index is 0.224. The third-order valence-corrected chi connectivity index (χ3v) is 5.34. The highest BCUT2D eigenvalue weighted by molar-refractivity contribution is 7.49. The number of para-hydroxylation sites is 2. The smallest absolute Gasteiger partial charge is 0.395 e. The molecule has 0 saturated carbocycles. The normalized spacial score (nSPS) is 27.9. The maximum absolute atomic E-state index is 13.2. The van der Waals surface area contributed by atoms with E-state index in [-0.39, 0.29) is 11.5 Å². The molecule has 1 fully saturated rings. The zero-order chi connectivity index (χ0) is 20.1. The number of ether oxygens (including phenoxy) is 1. The van der Waals surface area contributed by atoms with Gasteiger partial charge >= 0.3 is 7.82 Å². The zero-order valence-electron chi connectivity index (χ0n) is 14.6. The summed E-state index contributed by atoms with van der Waals surface area (Å²) in [4.78, 5) is 0. The van der Waals surface area contributed by atoms with Crippen molar-refractivity contribution in [3.63, 3.8) is 0 Å². The molecule has 152 valence electrons. The van der Waals surface area contributed by atoms with Crippen molar-refractivity contribution in [2.75, 3.05) is 6.61 Å². The van der Waals surface area contributed by atoms with Crippen molar-refractivity contribution in [3.8, 4) is 11.5 Å². The van der Waals surface area contributed by atoms with Crippen LogP contribution in [0, 0.1) is 0 Å². The highest BCUT2D eigenvalue weighted by atomic mass is 31.2. The molecular weight excluding hydrogens is 391 g/mol. The fourth-order valence-electron chi connectivity index (χ4n) is 2.53. The Hall–Kier alpha value is -1.97. The van der Waals surface area contributed by atoms with Crippen molar-refractivity contribution in [1.82, 2.24) is 0 Å². The number of phosphoric ester groups is 1. The first kappa shape index (κ1) is 20.8. The lowest BCUT2D eigenvalue weighted by molar-refractivity contribution is -0.285. The first-order chi connectivity index (χ1) is 13.4. The Morgan fingerprint density at radius 1 is 0.786 bits per heavy atom. The first-order valence-corrected chi connectivity index (χ1v) is 9.95. The van der Waals surface area contributed by atoms with Gasteiger partial charge in [0.1, 0.15) is 35.9 Å². The molecule has 1 aliphatic heterocycles. The summed E-state index contributed by atoms with van der Waals surface area (Å²) in [6.45, 7) is -0.543. The number of rotatable bonds is 7. The molecule has 0 aliphatic carbocycles. The van der Waals surface area contributed by atoms with Gasteiger partial charge in [-0.15, -0.1) is 0 Å². The molecule has 1 heterocycles.